The van der Waals surface area contributed by atoms with Crippen molar-refractivity contribution in [2.45, 2.75) is 45.2 Å². The molecule has 104 valence electrons. The SMILES string of the molecule is COc1ccc(CB2OC(C)(C)C(C)(C)O2)cc1F. The summed E-state index contributed by atoms with van der Waals surface area (Å²) in [4.78, 5) is 0. The van der Waals surface area contributed by atoms with E-state index in [1.54, 1.807) is 6.07 Å². The van der Waals surface area contributed by atoms with Crippen molar-refractivity contribution in [1.82, 2.24) is 0 Å². The lowest BCUT2D eigenvalue weighted by molar-refractivity contribution is 0.00578. The highest BCUT2D eigenvalue weighted by Gasteiger charge is 2.50. The van der Waals surface area contributed by atoms with Crippen LogP contribution in [0.25, 0.3) is 0 Å². The first-order chi connectivity index (χ1) is 8.75. The molecule has 0 atom stereocenters. The summed E-state index contributed by atoms with van der Waals surface area (Å²) in [5.74, 6) is -0.116. The second kappa shape index (κ2) is 4.80. The smallest absolute Gasteiger partial charge is 0.462 e. The van der Waals surface area contributed by atoms with Gasteiger partial charge in [0.15, 0.2) is 11.6 Å². The topological polar surface area (TPSA) is 27.7 Å². The summed E-state index contributed by atoms with van der Waals surface area (Å²) in [6.45, 7) is 8.01. The van der Waals surface area contributed by atoms with Gasteiger partial charge in [-0.1, -0.05) is 6.07 Å². The van der Waals surface area contributed by atoms with Crippen molar-refractivity contribution in [1.29, 1.82) is 0 Å². The maximum atomic E-state index is 13.6. The molecule has 1 saturated heterocycles. The summed E-state index contributed by atoms with van der Waals surface area (Å²) < 4.78 is 30.3. The Labute approximate surface area is 114 Å². The van der Waals surface area contributed by atoms with E-state index in [-0.39, 0.29) is 29.9 Å². The van der Waals surface area contributed by atoms with Crippen LogP contribution in [0, 0.1) is 5.82 Å². The zero-order chi connectivity index (χ0) is 14.3. The zero-order valence-electron chi connectivity index (χ0n) is 12.1. The summed E-state index contributed by atoms with van der Waals surface area (Å²) in [5.41, 5.74) is 0.113. The van der Waals surface area contributed by atoms with Gasteiger partial charge in [-0.05, 0) is 45.4 Å². The van der Waals surface area contributed by atoms with Crippen LogP contribution in [0.3, 0.4) is 0 Å². The Morgan fingerprint density at radius 2 is 1.74 bits per heavy atom. The van der Waals surface area contributed by atoms with Gasteiger partial charge in [-0.25, -0.2) is 4.39 Å². The highest BCUT2D eigenvalue weighted by Crippen LogP contribution is 2.37. The van der Waals surface area contributed by atoms with Crippen molar-refractivity contribution >= 4 is 7.12 Å². The average Bonchev–Trinajstić information content (AvgIpc) is 2.47. The number of halogens is 1. The molecule has 0 aromatic heterocycles. The fourth-order valence-electron chi connectivity index (χ4n) is 2.08. The third-order valence-corrected chi connectivity index (χ3v) is 3.92. The second-order valence-electron chi connectivity index (χ2n) is 5.86. The molecule has 1 fully saturated rings. The van der Waals surface area contributed by atoms with Crippen LogP contribution < -0.4 is 4.74 Å². The number of rotatable bonds is 3. The van der Waals surface area contributed by atoms with E-state index >= 15 is 0 Å². The number of ether oxygens (including phenoxy) is 1. The molecule has 0 spiro atoms. The van der Waals surface area contributed by atoms with Crippen LogP contribution >= 0.6 is 0 Å². The highest BCUT2D eigenvalue weighted by molar-refractivity contribution is 6.45. The molecule has 19 heavy (non-hydrogen) atoms. The van der Waals surface area contributed by atoms with Crippen LogP contribution in [0.5, 0.6) is 5.75 Å². The van der Waals surface area contributed by atoms with Crippen molar-refractivity contribution in [3.8, 4) is 5.75 Å². The molecule has 0 saturated carbocycles. The van der Waals surface area contributed by atoms with Crippen LogP contribution in [0.4, 0.5) is 4.39 Å². The van der Waals surface area contributed by atoms with E-state index in [0.717, 1.165) is 5.56 Å². The Morgan fingerprint density at radius 3 is 2.21 bits per heavy atom. The fourth-order valence-corrected chi connectivity index (χ4v) is 2.08. The second-order valence-corrected chi connectivity index (χ2v) is 5.86. The van der Waals surface area contributed by atoms with Gasteiger partial charge in [0.1, 0.15) is 0 Å². The molecular weight excluding hydrogens is 246 g/mol. The minimum absolute atomic E-state index is 0.248. The Balaban J connectivity index is 2.09. The van der Waals surface area contributed by atoms with E-state index < -0.39 is 0 Å². The molecular formula is C14H20BFO3. The molecule has 2 rings (SSSR count). The largest absolute Gasteiger partial charge is 0.494 e. The van der Waals surface area contributed by atoms with Gasteiger partial charge in [-0.2, -0.15) is 0 Å². The number of benzene rings is 1. The molecule has 1 aliphatic rings. The predicted octanol–water partition coefficient (Wildman–Crippen LogP) is 3.01. The van der Waals surface area contributed by atoms with Gasteiger partial charge in [0.05, 0.1) is 18.3 Å². The number of hydrogen-bond donors (Lipinski definition) is 0. The van der Waals surface area contributed by atoms with Crippen molar-refractivity contribution in [2.75, 3.05) is 7.11 Å². The van der Waals surface area contributed by atoms with E-state index in [4.69, 9.17) is 14.0 Å². The van der Waals surface area contributed by atoms with E-state index in [1.807, 2.05) is 33.8 Å². The molecule has 1 aliphatic heterocycles. The van der Waals surface area contributed by atoms with Gasteiger partial charge in [0.25, 0.3) is 0 Å². The number of hydrogen-bond acceptors (Lipinski definition) is 3. The lowest BCUT2D eigenvalue weighted by Gasteiger charge is -2.32. The van der Waals surface area contributed by atoms with E-state index in [2.05, 4.69) is 0 Å². The first-order valence-electron chi connectivity index (χ1n) is 6.43. The van der Waals surface area contributed by atoms with Gasteiger partial charge >= 0.3 is 7.12 Å². The maximum absolute atomic E-state index is 13.6. The fraction of sp³-hybridized carbons (Fsp3) is 0.571. The maximum Gasteiger partial charge on any atom is 0.462 e. The van der Waals surface area contributed by atoms with Crippen LogP contribution in [0.2, 0.25) is 0 Å². The first kappa shape index (κ1) is 14.3. The van der Waals surface area contributed by atoms with Crippen molar-refractivity contribution < 1.29 is 18.4 Å². The average molecular weight is 266 g/mol. The predicted molar refractivity (Wildman–Crippen MR) is 72.7 cm³/mol. The lowest BCUT2D eigenvalue weighted by Crippen LogP contribution is -2.41. The summed E-state index contributed by atoms with van der Waals surface area (Å²) in [6.07, 6.45) is 0.522. The Morgan fingerprint density at radius 1 is 1.16 bits per heavy atom. The molecule has 0 bridgehead atoms. The standard InChI is InChI=1S/C14H20BFO3/c1-13(2)14(3,4)19-15(18-13)9-10-6-7-12(17-5)11(16)8-10/h6-8H,9H2,1-5H3. The minimum atomic E-state index is -0.364. The molecule has 1 heterocycles. The van der Waals surface area contributed by atoms with E-state index in [9.17, 15) is 4.39 Å². The van der Waals surface area contributed by atoms with Crippen LogP contribution in [-0.4, -0.2) is 25.4 Å². The molecule has 0 amide bonds. The molecule has 0 unspecified atom stereocenters. The molecule has 3 nitrogen and oxygen atoms in total. The lowest BCUT2D eigenvalue weighted by atomic mass is 9.81. The van der Waals surface area contributed by atoms with Gasteiger partial charge in [-0.3, -0.25) is 0 Å². The molecule has 1 aromatic rings. The van der Waals surface area contributed by atoms with Crippen LogP contribution in [0.1, 0.15) is 33.3 Å². The normalized spacial score (nSPS) is 20.6. The molecule has 0 radical (unpaired) electrons. The van der Waals surface area contributed by atoms with Gasteiger partial charge in [0.2, 0.25) is 0 Å². The molecule has 5 heteroatoms. The van der Waals surface area contributed by atoms with E-state index in [1.165, 1.54) is 13.2 Å². The third-order valence-electron chi connectivity index (χ3n) is 3.92. The minimum Gasteiger partial charge on any atom is -0.494 e. The van der Waals surface area contributed by atoms with Crippen molar-refractivity contribution in [3.05, 3.63) is 29.6 Å². The first-order valence-corrected chi connectivity index (χ1v) is 6.43. The summed E-state index contributed by atoms with van der Waals surface area (Å²) in [6, 6.07) is 4.91. The molecule has 0 N–H and O–H groups in total. The third kappa shape index (κ3) is 2.77. The zero-order valence-corrected chi connectivity index (χ0v) is 12.1. The number of methoxy groups -OCH3 is 1. The van der Waals surface area contributed by atoms with Gasteiger partial charge < -0.3 is 14.0 Å². The quantitative estimate of drug-likeness (QED) is 0.787. The molecule has 0 aliphatic carbocycles. The molecule has 1 aromatic carbocycles. The van der Waals surface area contributed by atoms with Gasteiger partial charge in [0, 0.05) is 6.32 Å². The Bertz CT molecular complexity index is 458. The highest BCUT2D eigenvalue weighted by atomic mass is 19.1. The van der Waals surface area contributed by atoms with Crippen LogP contribution in [0.15, 0.2) is 18.2 Å². The summed E-state index contributed by atoms with van der Waals surface area (Å²) >= 11 is 0. The van der Waals surface area contributed by atoms with Gasteiger partial charge in [-0.15, -0.1) is 0 Å². The van der Waals surface area contributed by atoms with Crippen molar-refractivity contribution in [2.24, 2.45) is 0 Å². The Hall–Kier alpha value is -1.07. The Kier molecular flexibility index (Phi) is 3.62. The summed E-state index contributed by atoms with van der Waals surface area (Å²) in [7, 11) is 1.10. The van der Waals surface area contributed by atoms with Crippen LogP contribution in [-0.2, 0) is 15.6 Å². The summed E-state index contributed by atoms with van der Waals surface area (Å²) in [5, 5.41) is 0. The monoisotopic (exact) mass is 266 g/mol. The van der Waals surface area contributed by atoms with Crippen molar-refractivity contribution in [3.63, 3.8) is 0 Å². The van der Waals surface area contributed by atoms with E-state index in [0.29, 0.717) is 6.32 Å².